The van der Waals surface area contributed by atoms with Gasteiger partial charge in [0.05, 0.1) is 5.92 Å². The maximum Gasteiger partial charge on any atom is 0.396 e. The Morgan fingerprint density at radius 3 is 2.32 bits per heavy atom. The molecule has 1 aliphatic carbocycles. The summed E-state index contributed by atoms with van der Waals surface area (Å²) in [5.41, 5.74) is 5.90. The summed E-state index contributed by atoms with van der Waals surface area (Å²) in [6, 6.07) is 7.65. The molecule has 1 fully saturated rings. The molecule has 1 atom stereocenters. The van der Waals surface area contributed by atoms with Gasteiger partial charge in [-0.15, -0.1) is 0 Å². The first-order valence-corrected chi connectivity index (χ1v) is 7.53. The predicted molar refractivity (Wildman–Crippen MR) is 78.2 cm³/mol. The fraction of sp³-hybridized carbons (Fsp3) is 0.562. The average Bonchev–Trinajstić information content (AvgIpc) is 2.47. The lowest BCUT2D eigenvalue weighted by Gasteiger charge is -2.28. The standard InChI is InChI=1S/C16H21F3N2O/c17-16(18,19)14(11-4-2-1-3-5-11)10-15(22)21-13-8-6-12(20)7-9-13/h1-5,12-14H,6-10,20H2,(H,21,22). The smallest absolute Gasteiger partial charge is 0.353 e. The van der Waals surface area contributed by atoms with Crippen LogP contribution in [-0.2, 0) is 4.79 Å². The number of carbonyl (C=O) groups is 1. The van der Waals surface area contributed by atoms with Crippen molar-refractivity contribution in [1.29, 1.82) is 0 Å². The predicted octanol–water partition coefficient (Wildman–Crippen LogP) is 3.11. The van der Waals surface area contributed by atoms with Crippen LogP contribution in [0.1, 0.15) is 43.6 Å². The maximum absolute atomic E-state index is 13.2. The molecule has 3 N–H and O–H groups in total. The second-order valence-corrected chi connectivity index (χ2v) is 5.89. The largest absolute Gasteiger partial charge is 0.396 e. The lowest BCUT2D eigenvalue weighted by molar-refractivity contribution is -0.157. The molecule has 1 aliphatic rings. The van der Waals surface area contributed by atoms with E-state index in [1.54, 1.807) is 18.2 Å². The summed E-state index contributed by atoms with van der Waals surface area (Å²) < 4.78 is 39.6. The zero-order chi connectivity index (χ0) is 16.2. The van der Waals surface area contributed by atoms with E-state index < -0.39 is 24.4 Å². The summed E-state index contributed by atoms with van der Waals surface area (Å²) in [6.45, 7) is 0. The minimum absolute atomic E-state index is 0.0584. The Balaban J connectivity index is 1.97. The highest BCUT2D eigenvalue weighted by Gasteiger charge is 2.42. The molecule has 0 spiro atoms. The van der Waals surface area contributed by atoms with Crippen LogP contribution in [0.15, 0.2) is 30.3 Å². The zero-order valence-corrected chi connectivity index (χ0v) is 12.3. The van der Waals surface area contributed by atoms with Gasteiger partial charge in [0.1, 0.15) is 0 Å². The minimum Gasteiger partial charge on any atom is -0.353 e. The lowest BCUT2D eigenvalue weighted by Crippen LogP contribution is -2.41. The molecule has 0 heterocycles. The normalized spacial score (nSPS) is 23.8. The van der Waals surface area contributed by atoms with Crippen molar-refractivity contribution in [2.45, 2.75) is 56.3 Å². The van der Waals surface area contributed by atoms with Gasteiger partial charge in [0.2, 0.25) is 5.91 Å². The van der Waals surface area contributed by atoms with Crippen molar-refractivity contribution < 1.29 is 18.0 Å². The number of hydrogen-bond acceptors (Lipinski definition) is 2. The summed E-state index contributed by atoms with van der Waals surface area (Å²) in [4.78, 5) is 12.0. The minimum atomic E-state index is -4.44. The highest BCUT2D eigenvalue weighted by atomic mass is 19.4. The first-order valence-electron chi connectivity index (χ1n) is 7.53. The van der Waals surface area contributed by atoms with Crippen LogP contribution in [-0.4, -0.2) is 24.2 Å². The lowest BCUT2D eigenvalue weighted by atomic mass is 9.91. The fourth-order valence-electron chi connectivity index (χ4n) is 2.84. The van der Waals surface area contributed by atoms with Crippen molar-refractivity contribution in [2.75, 3.05) is 0 Å². The molecular weight excluding hydrogens is 293 g/mol. The van der Waals surface area contributed by atoms with E-state index in [0.717, 1.165) is 25.7 Å². The molecule has 1 aromatic carbocycles. The summed E-state index contributed by atoms with van der Waals surface area (Å²) in [5.74, 6) is -2.31. The van der Waals surface area contributed by atoms with Gasteiger partial charge in [-0.2, -0.15) is 13.2 Å². The molecule has 0 bridgehead atoms. The van der Waals surface area contributed by atoms with Gasteiger partial charge in [-0.25, -0.2) is 0 Å². The van der Waals surface area contributed by atoms with E-state index in [1.807, 2.05) is 0 Å². The molecule has 122 valence electrons. The Labute approximate surface area is 128 Å². The molecule has 1 unspecified atom stereocenters. The number of nitrogens with one attached hydrogen (secondary N) is 1. The molecule has 1 aromatic rings. The number of hydrogen-bond donors (Lipinski definition) is 2. The zero-order valence-electron chi connectivity index (χ0n) is 12.3. The van der Waals surface area contributed by atoms with Gasteiger partial charge in [-0.05, 0) is 31.2 Å². The average molecular weight is 314 g/mol. The maximum atomic E-state index is 13.2. The van der Waals surface area contributed by atoms with Gasteiger partial charge in [0.15, 0.2) is 0 Å². The number of alkyl halides is 3. The number of carbonyl (C=O) groups excluding carboxylic acids is 1. The number of halogens is 3. The first kappa shape index (κ1) is 16.8. The molecule has 0 saturated heterocycles. The third kappa shape index (κ3) is 4.73. The molecule has 22 heavy (non-hydrogen) atoms. The van der Waals surface area contributed by atoms with Gasteiger partial charge in [0.25, 0.3) is 0 Å². The van der Waals surface area contributed by atoms with E-state index in [2.05, 4.69) is 5.32 Å². The number of benzene rings is 1. The molecule has 2 rings (SSSR count). The summed E-state index contributed by atoms with van der Waals surface area (Å²) in [6.07, 6.45) is -1.95. The molecule has 0 aliphatic heterocycles. The Bertz CT molecular complexity index is 482. The van der Waals surface area contributed by atoms with Crippen molar-refractivity contribution in [3.8, 4) is 0 Å². The SMILES string of the molecule is NC1CCC(NC(=O)CC(c2ccccc2)C(F)(F)F)CC1. The second-order valence-electron chi connectivity index (χ2n) is 5.89. The van der Waals surface area contributed by atoms with Crippen LogP contribution in [0, 0.1) is 0 Å². The van der Waals surface area contributed by atoms with Crippen LogP contribution < -0.4 is 11.1 Å². The monoisotopic (exact) mass is 314 g/mol. The van der Waals surface area contributed by atoms with Crippen molar-refractivity contribution in [3.63, 3.8) is 0 Å². The third-order valence-electron chi connectivity index (χ3n) is 4.12. The Morgan fingerprint density at radius 2 is 1.77 bits per heavy atom. The van der Waals surface area contributed by atoms with Crippen LogP contribution >= 0.6 is 0 Å². The van der Waals surface area contributed by atoms with Crippen molar-refractivity contribution >= 4 is 5.91 Å². The quantitative estimate of drug-likeness (QED) is 0.897. The van der Waals surface area contributed by atoms with Crippen LogP contribution in [0.2, 0.25) is 0 Å². The Kier molecular flexibility index (Phi) is 5.45. The van der Waals surface area contributed by atoms with Crippen molar-refractivity contribution in [3.05, 3.63) is 35.9 Å². The van der Waals surface area contributed by atoms with E-state index in [0.29, 0.717) is 0 Å². The number of amides is 1. The molecule has 6 heteroatoms. The van der Waals surface area contributed by atoms with Crippen molar-refractivity contribution in [1.82, 2.24) is 5.32 Å². The first-order chi connectivity index (χ1) is 10.4. The Morgan fingerprint density at radius 1 is 1.18 bits per heavy atom. The molecule has 0 radical (unpaired) electrons. The number of rotatable bonds is 4. The third-order valence-corrected chi connectivity index (χ3v) is 4.12. The van der Waals surface area contributed by atoms with Crippen LogP contribution in [0.25, 0.3) is 0 Å². The highest BCUT2D eigenvalue weighted by molar-refractivity contribution is 5.77. The van der Waals surface area contributed by atoms with Gasteiger partial charge < -0.3 is 11.1 Å². The number of nitrogens with two attached hydrogens (primary N) is 1. The van der Waals surface area contributed by atoms with Gasteiger partial charge in [-0.1, -0.05) is 30.3 Å². The van der Waals surface area contributed by atoms with E-state index >= 15 is 0 Å². The topological polar surface area (TPSA) is 55.1 Å². The van der Waals surface area contributed by atoms with Crippen LogP contribution in [0.3, 0.4) is 0 Å². The molecule has 1 amide bonds. The van der Waals surface area contributed by atoms with Gasteiger partial charge >= 0.3 is 6.18 Å². The second kappa shape index (κ2) is 7.13. The van der Waals surface area contributed by atoms with Crippen LogP contribution in [0.4, 0.5) is 13.2 Å². The summed E-state index contributed by atoms with van der Waals surface area (Å²) in [7, 11) is 0. The molecule has 0 aromatic heterocycles. The van der Waals surface area contributed by atoms with Crippen LogP contribution in [0.5, 0.6) is 0 Å². The van der Waals surface area contributed by atoms with E-state index in [-0.39, 0.29) is 17.6 Å². The fourth-order valence-corrected chi connectivity index (χ4v) is 2.84. The Hall–Kier alpha value is -1.56. The summed E-state index contributed by atoms with van der Waals surface area (Å²) in [5, 5.41) is 2.72. The van der Waals surface area contributed by atoms with E-state index in [9.17, 15) is 18.0 Å². The van der Waals surface area contributed by atoms with E-state index in [4.69, 9.17) is 5.73 Å². The molecule has 1 saturated carbocycles. The summed E-state index contributed by atoms with van der Waals surface area (Å²) >= 11 is 0. The molecular formula is C16H21F3N2O. The molecule has 3 nitrogen and oxygen atoms in total. The highest BCUT2D eigenvalue weighted by Crippen LogP contribution is 2.37. The van der Waals surface area contributed by atoms with E-state index in [1.165, 1.54) is 12.1 Å². The van der Waals surface area contributed by atoms with Crippen molar-refractivity contribution in [2.24, 2.45) is 5.73 Å². The van der Waals surface area contributed by atoms with Gasteiger partial charge in [-0.3, -0.25) is 4.79 Å². The van der Waals surface area contributed by atoms with Gasteiger partial charge in [0, 0.05) is 18.5 Å².